The first-order valence-electron chi connectivity index (χ1n) is 7.60. The van der Waals surface area contributed by atoms with E-state index in [2.05, 4.69) is 36.8 Å². The Kier molecular flexibility index (Phi) is 4.77. The van der Waals surface area contributed by atoms with Gasteiger partial charge in [-0.3, -0.25) is 0 Å². The van der Waals surface area contributed by atoms with E-state index in [4.69, 9.17) is 4.74 Å². The number of methoxy groups -OCH3 is 1. The number of nitriles is 1. The highest BCUT2D eigenvalue weighted by Crippen LogP contribution is 2.28. The molecule has 0 unspecified atom stereocenters. The Bertz CT molecular complexity index is 788. The van der Waals surface area contributed by atoms with Crippen molar-refractivity contribution in [2.75, 3.05) is 7.11 Å². The van der Waals surface area contributed by atoms with Crippen LogP contribution in [0.15, 0.2) is 22.7 Å². The molecule has 0 spiro atoms. The molecule has 5 nitrogen and oxygen atoms in total. The van der Waals surface area contributed by atoms with E-state index in [-0.39, 0.29) is 0 Å². The van der Waals surface area contributed by atoms with E-state index < -0.39 is 0 Å². The molecule has 0 bridgehead atoms. The average Bonchev–Trinajstić information content (AvgIpc) is 2.81. The van der Waals surface area contributed by atoms with Crippen LogP contribution in [0.1, 0.15) is 36.5 Å². The van der Waals surface area contributed by atoms with Gasteiger partial charge in [-0.1, -0.05) is 22.4 Å². The molecule has 0 aliphatic carbocycles. The van der Waals surface area contributed by atoms with Gasteiger partial charge in [-0.05, 0) is 37.1 Å². The van der Waals surface area contributed by atoms with Gasteiger partial charge in [0.05, 0.1) is 12.7 Å². The van der Waals surface area contributed by atoms with Crippen molar-refractivity contribution >= 4 is 27.6 Å². The molecule has 3 rings (SSSR count). The van der Waals surface area contributed by atoms with Crippen molar-refractivity contribution < 1.29 is 4.74 Å². The Balaban J connectivity index is 2.06. The van der Waals surface area contributed by atoms with Gasteiger partial charge in [0.15, 0.2) is 5.82 Å². The number of aryl methyl sites for hydroxylation is 1. The maximum Gasteiger partial charge on any atom is 0.174 e. The molecule has 1 aromatic carbocycles. The topological polar surface area (TPSA) is 63.7 Å². The van der Waals surface area contributed by atoms with E-state index >= 15 is 0 Å². The van der Waals surface area contributed by atoms with Gasteiger partial charge in [-0.2, -0.15) is 5.26 Å². The highest BCUT2D eigenvalue weighted by Gasteiger charge is 2.18. The lowest BCUT2D eigenvalue weighted by Crippen LogP contribution is -2.05. The number of benzene rings is 1. The van der Waals surface area contributed by atoms with Crippen molar-refractivity contribution in [2.24, 2.45) is 0 Å². The summed E-state index contributed by atoms with van der Waals surface area (Å²) in [7, 11) is 1.62. The number of hydrogen-bond acceptors (Lipinski definition) is 4. The van der Waals surface area contributed by atoms with Crippen LogP contribution in [0, 0.1) is 11.3 Å². The SMILES string of the molecule is COc1ccc(Br)cc1/C=C(/C#N)c1nnc2n1CCCCC2. The second kappa shape index (κ2) is 6.97. The van der Waals surface area contributed by atoms with E-state index in [0.29, 0.717) is 11.4 Å². The Morgan fingerprint density at radius 2 is 2.22 bits per heavy atom. The molecule has 0 atom stereocenters. The summed E-state index contributed by atoms with van der Waals surface area (Å²) in [4.78, 5) is 0. The molecule has 23 heavy (non-hydrogen) atoms. The first kappa shape index (κ1) is 15.8. The Morgan fingerprint density at radius 3 is 3.00 bits per heavy atom. The van der Waals surface area contributed by atoms with Crippen LogP contribution in [-0.4, -0.2) is 21.9 Å². The molecule has 0 saturated heterocycles. The molecule has 118 valence electrons. The van der Waals surface area contributed by atoms with Crippen LogP contribution < -0.4 is 4.74 Å². The minimum Gasteiger partial charge on any atom is -0.496 e. The van der Waals surface area contributed by atoms with Gasteiger partial charge in [0.1, 0.15) is 17.6 Å². The van der Waals surface area contributed by atoms with E-state index in [9.17, 15) is 5.26 Å². The molecule has 2 heterocycles. The minimum atomic E-state index is 0.502. The maximum absolute atomic E-state index is 9.61. The molecule has 0 N–H and O–H groups in total. The molecule has 0 radical (unpaired) electrons. The van der Waals surface area contributed by atoms with Crippen LogP contribution in [0.5, 0.6) is 5.75 Å². The van der Waals surface area contributed by atoms with Crippen LogP contribution in [0.25, 0.3) is 11.6 Å². The first-order chi connectivity index (χ1) is 11.2. The fourth-order valence-electron chi connectivity index (χ4n) is 2.80. The second-order valence-electron chi connectivity index (χ2n) is 5.46. The number of aromatic nitrogens is 3. The monoisotopic (exact) mass is 372 g/mol. The van der Waals surface area contributed by atoms with Crippen molar-refractivity contribution in [1.82, 2.24) is 14.8 Å². The largest absolute Gasteiger partial charge is 0.496 e. The normalized spacial score (nSPS) is 14.7. The summed E-state index contributed by atoms with van der Waals surface area (Å²) in [6.07, 6.45) is 6.14. The van der Waals surface area contributed by atoms with Gasteiger partial charge in [0, 0.05) is 23.0 Å². The molecule has 1 aliphatic rings. The molecular formula is C17H17BrN4O. The summed E-state index contributed by atoms with van der Waals surface area (Å²) in [5.74, 6) is 2.34. The maximum atomic E-state index is 9.61. The summed E-state index contributed by atoms with van der Waals surface area (Å²) in [6, 6.07) is 7.97. The fraction of sp³-hybridized carbons (Fsp3) is 0.353. The smallest absolute Gasteiger partial charge is 0.174 e. The second-order valence-corrected chi connectivity index (χ2v) is 6.37. The number of allylic oxidation sites excluding steroid dienone is 1. The summed E-state index contributed by atoms with van der Waals surface area (Å²) >= 11 is 3.46. The highest BCUT2D eigenvalue weighted by atomic mass is 79.9. The molecule has 0 saturated carbocycles. The lowest BCUT2D eigenvalue weighted by atomic mass is 10.1. The number of halogens is 1. The van der Waals surface area contributed by atoms with Crippen LogP contribution in [0.4, 0.5) is 0 Å². The summed E-state index contributed by atoms with van der Waals surface area (Å²) in [5, 5.41) is 18.1. The Labute approximate surface area is 143 Å². The van der Waals surface area contributed by atoms with Crippen LogP contribution >= 0.6 is 15.9 Å². The Hall–Kier alpha value is -2.13. The highest BCUT2D eigenvalue weighted by molar-refractivity contribution is 9.10. The number of ether oxygens (including phenoxy) is 1. The average molecular weight is 373 g/mol. The van der Waals surface area contributed by atoms with Gasteiger partial charge in [-0.15, -0.1) is 10.2 Å². The van der Waals surface area contributed by atoms with Crippen molar-refractivity contribution in [3.63, 3.8) is 0 Å². The van der Waals surface area contributed by atoms with Crippen LogP contribution in [-0.2, 0) is 13.0 Å². The Morgan fingerprint density at radius 1 is 1.35 bits per heavy atom. The first-order valence-corrected chi connectivity index (χ1v) is 8.40. The van der Waals surface area contributed by atoms with Crippen molar-refractivity contribution in [3.8, 4) is 11.8 Å². The third-order valence-corrected chi connectivity index (χ3v) is 4.46. The molecule has 0 amide bonds. The van der Waals surface area contributed by atoms with Gasteiger partial charge in [0.25, 0.3) is 0 Å². The minimum absolute atomic E-state index is 0.502. The molecule has 1 aliphatic heterocycles. The number of hydrogen-bond donors (Lipinski definition) is 0. The molecular weight excluding hydrogens is 356 g/mol. The van der Waals surface area contributed by atoms with Gasteiger partial charge in [0.2, 0.25) is 0 Å². The van der Waals surface area contributed by atoms with E-state index in [0.717, 1.165) is 47.4 Å². The van der Waals surface area contributed by atoms with Crippen LogP contribution in [0.2, 0.25) is 0 Å². The molecule has 6 heteroatoms. The zero-order chi connectivity index (χ0) is 16.2. The molecule has 2 aromatic rings. The zero-order valence-corrected chi connectivity index (χ0v) is 14.5. The standard InChI is InChI=1S/C17H17BrN4O/c1-23-15-7-6-14(18)10-12(15)9-13(11-19)17-21-20-16-5-3-2-4-8-22(16)17/h6-7,9-10H,2-5,8H2,1H3/b13-9-. The lowest BCUT2D eigenvalue weighted by molar-refractivity contribution is 0.414. The summed E-state index contributed by atoms with van der Waals surface area (Å²) in [6.45, 7) is 0.867. The van der Waals surface area contributed by atoms with Crippen molar-refractivity contribution in [2.45, 2.75) is 32.2 Å². The van der Waals surface area contributed by atoms with Crippen molar-refractivity contribution in [1.29, 1.82) is 5.26 Å². The van der Waals surface area contributed by atoms with Gasteiger partial charge in [-0.25, -0.2) is 0 Å². The molecule has 0 fully saturated rings. The third-order valence-electron chi connectivity index (χ3n) is 3.96. The van der Waals surface area contributed by atoms with E-state index in [1.807, 2.05) is 24.3 Å². The third kappa shape index (κ3) is 3.30. The lowest BCUT2D eigenvalue weighted by Gasteiger charge is -2.08. The fourth-order valence-corrected chi connectivity index (χ4v) is 3.18. The predicted molar refractivity (Wildman–Crippen MR) is 91.8 cm³/mol. The zero-order valence-electron chi connectivity index (χ0n) is 12.9. The predicted octanol–water partition coefficient (Wildman–Crippen LogP) is 3.84. The van der Waals surface area contributed by atoms with E-state index in [1.54, 1.807) is 7.11 Å². The van der Waals surface area contributed by atoms with Gasteiger partial charge < -0.3 is 9.30 Å². The number of rotatable bonds is 3. The van der Waals surface area contributed by atoms with Crippen LogP contribution in [0.3, 0.4) is 0 Å². The summed E-state index contributed by atoms with van der Waals surface area (Å²) < 4.78 is 8.39. The van der Waals surface area contributed by atoms with Crippen molar-refractivity contribution in [3.05, 3.63) is 39.9 Å². The summed E-state index contributed by atoms with van der Waals surface area (Å²) in [5.41, 5.74) is 1.34. The number of nitrogens with zero attached hydrogens (tertiary/aromatic N) is 4. The number of fused-ring (bicyclic) bond motifs is 1. The quantitative estimate of drug-likeness (QED) is 0.767. The van der Waals surface area contributed by atoms with E-state index in [1.165, 1.54) is 6.42 Å². The van der Waals surface area contributed by atoms with Gasteiger partial charge >= 0.3 is 0 Å². The molecule has 1 aromatic heterocycles.